The first-order chi connectivity index (χ1) is 15.8. The molecule has 1 aliphatic carbocycles. The summed E-state index contributed by atoms with van der Waals surface area (Å²) in [5.41, 5.74) is 3.40. The van der Waals surface area contributed by atoms with Crippen LogP contribution < -0.4 is 5.32 Å². The van der Waals surface area contributed by atoms with Gasteiger partial charge in [0.1, 0.15) is 12.1 Å². The monoisotopic (exact) mass is 452 g/mol. The van der Waals surface area contributed by atoms with Crippen LogP contribution in [0, 0.1) is 0 Å². The Morgan fingerprint density at radius 1 is 1.03 bits per heavy atom. The first kappa shape index (κ1) is 24.3. The number of benzene rings is 2. The average Bonchev–Trinajstić information content (AvgIpc) is 3.13. The number of carboxylic acids is 1. The summed E-state index contributed by atoms with van der Waals surface area (Å²) < 4.78 is 5.61. The quantitative estimate of drug-likeness (QED) is 0.557. The molecule has 2 aromatic carbocycles. The van der Waals surface area contributed by atoms with E-state index in [9.17, 15) is 14.4 Å². The normalized spacial score (nSPS) is 14.0. The molecule has 1 aliphatic rings. The van der Waals surface area contributed by atoms with Crippen molar-refractivity contribution in [2.75, 3.05) is 19.7 Å². The number of aliphatic carboxylic acids is 1. The van der Waals surface area contributed by atoms with Crippen molar-refractivity contribution >= 4 is 18.0 Å². The molecule has 2 amide bonds. The lowest BCUT2D eigenvalue weighted by molar-refractivity contribution is -0.140. The summed E-state index contributed by atoms with van der Waals surface area (Å²) >= 11 is 0. The van der Waals surface area contributed by atoms with E-state index in [-0.39, 0.29) is 24.9 Å². The second-order valence-corrected chi connectivity index (χ2v) is 8.52. The molecule has 0 spiro atoms. The van der Waals surface area contributed by atoms with Gasteiger partial charge in [0.2, 0.25) is 5.91 Å². The SMILES string of the molecule is CCN(CCCC(=O)O)C(=O)C(C)(CC)NC(=O)OCC1c2ccccc2-c2ccccc21. The number of hydrogen-bond donors (Lipinski definition) is 2. The molecule has 0 bridgehead atoms. The second-order valence-electron chi connectivity index (χ2n) is 8.52. The van der Waals surface area contributed by atoms with Crippen LogP contribution in [0.1, 0.15) is 57.1 Å². The zero-order valence-corrected chi connectivity index (χ0v) is 19.5. The molecule has 1 atom stereocenters. The van der Waals surface area contributed by atoms with Gasteiger partial charge >= 0.3 is 12.1 Å². The Labute approximate surface area is 194 Å². The van der Waals surface area contributed by atoms with Crippen molar-refractivity contribution in [3.63, 3.8) is 0 Å². The molecule has 0 saturated heterocycles. The van der Waals surface area contributed by atoms with Crippen LogP contribution in [-0.4, -0.2) is 53.2 Å². The van der Waals surface area contributed by atoms with E-state index >= 15 is 0 Å². The number of amides is 2. The highest BCUT2D eigenvalue weighted by atomic mass is 16.5. The minimum Gasteiger partial charge on any atom is -0.481 e. The lowest BCUT2D eigenvalue weighted by atomic mass is 9.96. The summed E-state index contributed by atoms with van der Waals surface area (Å²) in [6, 6.07) is 16.2. The van der Waals surface area contributed by atoms with Gasteiger partial charge in [-0.1, -0.05) is 55.5 Å². The summed E-state index contributed by atoms with van der Waals surface area (Å²) in [4.78, 5) is 38.2. The standard InChI is InChI=1S/C26H32N2O5/c1-4-26(3,24(31)28(5-2)16-10-15-23(29)30)27-25(32)33-17-22-20-13-8-6-11-18(20)19-12-7-9-14-21(19)22/h6-9,11-14,22H,4-5,10,15-17H2,1-3H3,(H,27,32)(H,29,30). The molecule has 0 heterocycles. The van der Waals surface area contributed by atoms with Crippen molar-refractivity contribution in [1.29, 1.82) is 0 Å². The van der Waals surface area contributed by atoms with Crippen molar-refractivity contribution < 1.29 is 24.2 Å². The molecule has 7 heteroatoms. The number of carboxylic acid groups (broad SMARTS) is 1. The second kappa shape index (κ2) is 10.5. The van der Waals surface area contributed by atoms with Crippen molar-refractivity contribution in [1.82, 2.24) is 10.2 Å². The van der Waals surface area contributed by atoms with Gasteiger partial charge in [0.25, 0.3) is 0 Å². The fourth-order valence-electron chi connectivity index (χ4n) is 4.33. The van der Waals surface area contributed by atoms with Gasteiger partial charge < -0.3 is 20.1 Å². The van der Waals surface area contributed by atoms with E-state index in [4.69, 9.17) is 9.84 Å². The Hall–Kier alpha value is -3.35. The molecule has 3 rings (SSSR count). The minimum atomic E-state index is -1.14. The molecule has 176 valence electrons. The Bertz CT molecular complexity index is 976. The predicted molar refractivity (Wildman–Crippen MR) is 126 cm³/mol. The number of carbonyl (C=O) groups is 3. The fourth-order valence-corrected chi connectivity index (χ4v) is 4.33. The molecule has 0 saturated carbocycles. The van der Waals surface area contributed by atoms with Crippen LogP contribution in [0.3, 0.4) is 0 Å². The number of fused-ring (bicyclic) bond motifs is 3. The molecule has 1 unspecified atom stereocenters. The molecule has 7 nitrogen and oxygen atoms in total. The highest BCUT2D eigenvalue weighted by Crippen LogP contribution is 2.44. The largest absolute Gasteiger partial charge is 0.481 e. The smallest absolute Gasteiger partial charge is 0.408 e. The topological polar surface area (TPSA) is 95.9 Å². The molecule has 0 fully saturated rings. The van der Waals surface area contributed by atoms with E-state index < -0.39 is 17.6 Å². The third-order valence-electron chi connectivity index (χ3n) is 6.39. The lowest BCUT2D eigenvalue weighted by Crippen LogP contribution is -2.57. The number of likely N-dealkylation sites (N-methyl/N-ethyl adjacent to an activating group) is 1. The van der Waals surface area contributed by atoms with Crippen LogP contribution in [0.5, 0.6) is 0 Å². The van der Waals surface area contributed by atoms with Crippen molar-refractivity contribution in [2.24, 2.45) is 0 Å². The van der Waals surface area contributed by atoms with Crippen LogP contribution >= 0.6 is 0 Å². The molecule has 0 radical (unpaired) electrons. The van der Waals surface area contributed by atoms with Crippen molar-refractivity contribution in [2.45, 2.75) is 51.5 Å². The highest BCUT2D eigenvalue weighted by molar-refractivity contribution is 5.89. The highest BCUT2D eigenvalue weighted by Gasteiger charge is 2.37. The summed E-state index contributed by atoms with van der Waals surface area (Å²) in [6.07, 6.45) is 0.0912. The first-order valence-electron chi connectivity index (χ1n) is 11.4. The van der Waals surface area contributed by atoms with Crippen molar-refractivity contribution in [3.8, 4) is 11.1 Å². The summed E-state index contributed by atoms with van der Waals surface area (Å²) in [5.74, 6) is -1.20. The summed E-state index contributed by atoms with van der Waals surface area (Å²) in [5, 5.41) is 11.6. The molecule has 33 heavy (non-hydrogen) atoms. The maximum Gasteiger partial charge on any atom is 0.408 e. The molecule has 0 aliphatic heterocycles. The number of nitrogens with zero attached hydrogens (tertiary/aromatic N) is 1. The van der Waals surface area contributed by atoms with E-state index in [0.29, 0.717) is 25.9 Å². The van der Waals surface area contributed by atoms with Crippen LogP contribution in [0.4, 0.5) is 4.79 Å². The predicted octanol–water partition coefficient (Wildman–Crippen LogP) is 4.41. The van der Waals surface area contributed by atoms with E-state index in [2.05, 4.69) is 29.6 Å². The molecule has 2 aromatic rings. The van der Waals surface area contributed by atoms with Gasteiger partial charge in [0.15, 0.2) is 0 Å². The number of alkyl carbamates (subject to hydrolysis) is 1. The zero-order chi connectivity index (χ0) is 24.0. The number of hydrogen-bond acceptors (Lipinski definition) is 4. The van der Waals surface area contributed by atoms with Gasteiger partial charge in [-0.2, -0.15) is 0 Å². The maximum atomic E-state index is 13.1. The van der Waals surface area contributed by atoms with Gasteiger partial charge in [-0.15, -0.1) is 0 Å². The van der Waals surface area contributed by atoms with E-state index in [1.807, 2.05) is 38.1 Å². The molecule has 2 N–H and O–H groups in total. The number of ether oxygens (including phenoxy) is 1. The summed E-state index contributed by atoms with van der Waals surface area (Å²) in [6.45, 7) is 6.26. The van der Waals surface area contributed by atoms with Crippen LogP contribution in [-0.2, 0) is 14.3 Å². The fraction of sp³-hybridized carbons (Fsp3) is 0.423. The first-order valence-corrected chi connectivity index (χ1v) is 11.4. The van der Waals surface area contributed by atoms with E-state index in [1.54, 1.807) is 11.8 Å². The Balaban J connectivity index is 1.65. The van der Waals surface area contributed by atoms with E-state index in [0.717, 1.165) is 22.3 Å². The zero-order valence-electron chi connectivity index (χ0n) is 19.5. The van der Waals surface area contributed by atoms with Crippen LogP contribution in [0.2, 0.25) is 0 Å². The average molecular weight is 453 g/mol. The molecular weight excluding hydrogens is 420 g/mol. The maximum absolute atomic E-state index is 13.1. The molecular formula is C26H32N2O5. The Morgan fingerprint density at radius 2 is 1.61 bits per heavy atom. The molecule has 0 aromatic heterocycles. The number of rotatable bonds is 10. The van der Waals surface area contributed by atoms with Crippen LogP contribution in [0.25, 0.3) is 11.1 Å². The third-order valence-corrected chi connectivity index (χ3v) is 6.39. The van der Waals surface area contributed by atoms with Crippen molar-refractivity contribution in [3.05, 3.63) is 59.7 Å². The lowest BCUT2D eigenvalue weighted by Gasteiger charge is -2.34. The minimum absolute atomic E-state index is 0.00751. The van der Waals surface area contributed by atoms with Gasteiger partial charge in [-0.25, -0.2) is 4.79 Å². The number of nitrogens with one attached hydrogen (secondary N) is 1. The summed E-state index contributed by atoms with van der Waals surface area (Å²) in [7, 11) is 0. The van der Waals surface area contributed by atoms with Gasteiger partial charge in [-0.3, -0.25) is 9.59 Å². The van der Waals surface area contributed by atoms with Gasteiger partial charge in [0, 0.05) is 25.4 Å². The Kier molecular flexibility index (Phi) is 7.74. The number of carbonyl (C=O) groups excluding carboxylic acids is 2. The van der Waals surface area contributed by atoms with E-state index in [1.165, 1.54) is 0 Å². The Morgan fingerprint density at radius 3 is 2.12 bits per heavy atom. The third kappa shape index (κ3) is 5.35. The van der Waals surface area contributed by atoms with Gasteiger partial charge in [0.05, 0.1) is 0 Å². The van der Waals surface area contributed by atoms with Crippen LogP contribution in [0.15, 0.2) is 48.5 Å². The van der Waals surface area contributed by atoms with Gasteiger partial charge in [-0.05, 0) is 48.9 Å².